The van der Waals surface area contributed by atoms with Crippen molar-refractivity contribution in [2.75, 3.05) is 11.9 Å². The molecule has 0 saturated carbocycles. The third-order valence-corrected chi connectivity index (χ3v) is 4.91. The fraction of sp³-hybridized carbons (Fsp3) is 0.350. The highest BCUT2D eigenvalue weighted by Crippen LogP contribution is 2.43. The van der Waals surface area contributed by atoms with Gasteiger partial charge >= 0.3 is 17.9 Å². The number of fused-ring (bicyclic) bond motifs is 1. The Labute approximate surface area is 194 Å². The molecule has 35 heavy (non-hydrogen) atoms. The lowest BCUT2D eigenvalue weighted by Gasteiger charge is -2.23. The molecule has 1 saturated heterocycles. The van der Waals surface area contributed by atoms with E-state index in [9.17, 15) is 19.2 Å². The van der Waals surface area contributed by atoms with Crippen LogP contribution in [-0.2, 0) is 23.8 Å². The second-order valence-electron chi connectivity index (χ2n) is 7.49. The standard InChI is InChI=1S/C20H18F2N6O7/c1-9(29)23-19-24-15-13(16(31)25-19)26-27-28(15)17-14(34-10(2)30)20(21,22)12(35-17)8-33-18(32)11-6-4-3-5-7-11/h3-7,12,14,17H,8H2,1-2H3,(H2,23,24,25,29,31)/t12-,14+,17-/m1/s1. The SMILES string of the molecule is CC(=O)Nc1nc2c(nnn2[C@@H]2O[C@H](COC(=O)c3ccccc3)C(F)(F)[C@H]2OC(C)=O)c(=O)[nH]1. The number of esters is 2. The number of benzene rings is 1. The van der Waals surface area contributed by atoms with Gasteiger partial charge in [-0.1, -0.05) is 23.4 Å². The van der Waals surface area contributed by atoms with E-state index in [-0.39, 0.29) is 22.7 Å². The van der Waals surface area contributed by atoms with Crippen molar-refractivity contribution in [2.24, 2.45) is 0 Å². The lowest BCUT2D eigenvalue weighted by molar-refractivity contribution is -0.172. The molecule has 3 atom stereocenters. The summed E-state index contributed by atoms with van der Waals surface area (Å²) in [6.45, 7) is 1.21. The number of amides is 1. The maximum absolute atomic E-state index is 15.3. The van der Waals surface area contributed by atoms with Crippen molar-refractivity contribution >= 4 is 35.0 Å². The fourth-order valence-electron chi connectivity index (χ4n) is 3.40. The van der Waals surface area contributed by atoms with Crippen molar-refractivity contribution in [1.82, 2.24) is 25.0 Å². The number of hydrogen-bond donors (Lipinski definition) is 2. The summed E-state index contributed by atoms with van der Waals surface area (Å²) in [5.41, 5.74) is -1.34. The maximum atomic E-state index is 15.3. The van der Waals surface area contributed by atoms with E-state index in [1.165, 1.54) is 19.1 Å². The Morgan fingerprint density at radius 3 is 2.60 bits per heavy atom. The van der Waals surface area contributed by atoms with Crippen LogP contribution < -0.4 is 10.9 Å². The molecule has 184 valence electrons. The van der Waals surface area contributed by atoms with Gasteiger partial charge in [0.2, 0.25) is 18.0 Å². The predicted octanol–water partition coefficient (Wildman–Crippen LogP) is 0.794. The van der Waals surface area contributed by atoms with E-state index in [2.05, 4.69) is 25.6 Å². The third-order valence-electron chi connectivity index (χ3n) is 4.91. The topological polar surface area (TPSA) is 167 Å². The number of aromatic amines is 1. The quantitative estimate of drug-likeness (QED) is 0.470. The Balaban J connectivity index is 1.67. The van der Waals surface area contributed by atoms with Crippen LogP contribution in [0.25, 0.3) is 11.2 Å². The average molecular weight is 492 g/mol. The van der Waals surface area contributed by atoms with Crippen molar-refractivity contribution in [3.8, 4) is 0 Å². The molecule has 13 nitrogen and oxygen atoms in total. The van der Waals surface area contributed by atoms with Crippen molar-refractivity contribution in [2.45, 2.75) is 38.2 Å². The van der Waals surface area contributed by atoms with Crippen molar-refractivity contribution in [1.29, 1.82) is 0 Å². The lowest BCUT2D eigenvalue weighted by Crippen LogP contribution is -2.44. The summed E-state index contributed by atoms with van der Waals surface area (Å²) in [4.78, 5) is 53.6. The van der Waals surface area contributed by atoms with E-state index in [0.717, 1.165) is 11.6 Å². The second kappa shape index (κ2) is 9.17. The number of hydrogen-bond acceptors (Lipinski definition) is 10. The third kappa shape index (κ3) is 4.70. The number of H-pyrrole nitrogens is 1. The minimum Gasteiger partial charge on any atom is -0.459 e. The van der Waals surface area contributed by atoms with Gasteiger partial charge in [0.25, 0.3) is 5.56 Å². The van der Waals surface area contributed by atoms with Crippen LogP contribution in [0.4, 0.5) is 14.7 Å². The van der Waals surface area contributed by atoms with Gasteiger partial charge in [-0.25, -0.2) is 4.79 Å². The summed E-state index contributed by atoms with van der Waals surface area (Å²) >= 11 is 0. The number of carbonyl (C=O) groups is 3. The van der Waals surface area contributed by atoms with E-state index < -0.39 is 54.4 Å². The molecule has 0 spiro atoms. The first kappa shape index (κ1) is 23.9. The average Bonchev–Trinajstić information content (AvgIpc) is 3.31. The van der Waals surface area contributed by atoms with E-state index >= 15 is 8.78 Å². The lowest BCUT2D eigenvalue weighted by atomic mass is 10.1. The summed E-state index contributed by atoms with van der Waals surface area (Å²) < 4.78 is 46.5. The van der Waals surface area contributed by atoms with Crippen LogP contribution in [0.15, 0.2) is 35.1 Å². The molecule has 4 rings (SSSR count). The molecule has 1 aliphatic rings. The van der Waals surface area contributed by atoms with Crippen molar-refractivity contribution in [3.63, 3.8) is 0 Å². The van der Waals surface area contributed by atoms with Crippen LogP contribution in [-0.4, -0.2) is 67.5 Å². The highest BCUT2D eigenvalue weighted by molar-refractivity contribution is 5.89. The molecular formula is C20H18F2N6O7. The number of nitrogens with one attached hydrogen (secondary N) is 2. The number of aromatic nitrogens is 5. The van der Waals surface area contributed by atoms with Gasteiger partial charge in [-0.2, -0.15) is 18.4 Å². The Morgan fingerprint density at radius 1 is 1.23 bits per heavy atom. The predicted molar refractivity (Wildman–Crippen MR) is 111 cm³/mol. The van der Waals surface area contributed by atoms with Crippen LogP contribution in [0.5, 0.6) is 0 Å². The summed E-state index contributed by atoms with van der Waals surface area (Å²) in [6.07, 6.45) is -6.06. The fourth-order valence-corrected chi connectivity index (χ4v) is 3.40. The van der Waals surface area contributed by atoms with Crippen LogP contribution in [0, 0.1) is 0 Å². The van der Waals surface area contributed by atoms with Gasteiger partial charge in [-0.05, 0) is 12.1 Å². The monoisotopic (exact) mass is 492 g/mol. The Hall–Kier alpha value is -4.27. The van der Waals surface area contributed by atoms with Gasteiger partial charge in [0.15, 0.2) is 23.5 Å². The van der Waals surface area contributed by atoms with Crippen molar-refractivity contribution in [3.05, 3.63) is 46.2 Å². The molecular weight excluding hydrogens is 474 g/mol. The smallest absolute Gasteiger partial charge is 0.338 e. The first-order valence-electron chi connectivity index (χ1n) is 10.1. The van der Waals surface area contributed by atoms with Crippen LogP contribution >= 0.6 is 0 Å². The molecule has 0 aliphatic carbocycles. The zero-order valence-electron chi connectivity index (χ0n) is 18.2. The molecule has 2 aromatic heterocycles. The summed E-state index contributed by atoms with van der Waals surface area (Å²) in [7, 11) is 0. The molecule has 2 N–H and O–H groups in total. The highest BCUT2D eigenvalue weighted by atomic mass is 19.3. The van der Waals surface area contributed by atoms with Crippen molar-refractivity contribution < 1.29 is 37.4 Å². The van der Waals surface area contributed by atoms with E-state index in [4.69, 9.17) is 14.2 Å². The van der Waals surface area contributed by atoms with Gasteiger partial charge in [0.1, 0.15) is 6.61 Å². The first-order valence-corrected chi connectivity index (χ1v) is 10.1. The first-order chi connectivity index (χ1) is 16.6. The van der Waals surface area contributed by atoms with Crippen LogP contribution in [0.1, 0.15) is 30.4 Å². The minimum absolute atomic E-state index is 0.137. The van der Waals surface area contributed by atoms with Gasteiger partial charge in [-0.15, -0.1) is 5.10 Å². The van der Waals surface area contributed by atoms with E-state index in [1.807, 2.05) is 0 Å². The summed E-state index contributed by atoms with van der Waals surface area (Å²) in [5.74, 6) is -6.60. The molecule has 0 bridgehead atoms. The molecule has 1 aliphatic heterocycles. The number of halogens is 2. The minimum atomic E-state index is -3.84. The Kier molecular flexibility index (Phi) is 6.26. The molecule has 3 heterocycles. The van der Waals surface area contributed by atoms with Gasteiger partial charge in [0.05, 0.1) is 5.56 Å². The van der Waals surface area contributed by atoms with E-state index in [0.29, 0.717) is 0 Å². The zero-order valence-corrected chi connectivity index (χ0v) is 18.2. The molecule has 1 amide bonds. The number of anilines is 1. The van der Waals surface area contributed by atoms with Crippen LogP contribution in [0.3, 0.4) is 0 Å². The normalized spacial score (nSPS) is 21.0. The zero-order chi connectivity index (χ0) is 25.3. The number of ether oxygens (including phenoxy) is 3. The molecule has 0 radical (unpaired) electrons. The van der Waals surface area contributed by atoms with Gasteiger partial charge in [0, 0.05) is 13.8 Å². The Bertz CT molecular complexity index is 1340. The number of alkyl halides is 2. The summed E-state index contributed by atoms with van der Waals surface area (Å²) in [5, 5.41) is 9.56. The van der Waals surface area contributed by atoms with Crippen LogP contribution in [0.2, 0.25) is 0 Å². The summed E-state index contributed by atoms with van der Waals surface area (Å²) in [6, 6.07) is 7.70. The number of nitrogens with zero attached hydrogens (tertiary/aromatic N) is 4. The molecule has 0 unspecified atom stereocenters. The van der Waals surface area contributed by atoms with Gasteiger partial charge in [-0.3, -0.25) is 24.7 Å². The number of rotatable bonds is 6. The van der Waals surface area contributed by atoms with E-state index in [1.54, 1.807) is 18.2 Å². The molecule has 3 aromatic rings. The Morgan fingerprint density at radius 2 is 1.94 bits per heavy atom. The second-order valence-corrected chi connectivity index (χ2v) is 7.49. The van der Waals surface area contributed by atoms with Gasteiger partial charge < -0.3 is 14.2 Å². The molecule has 1 aromatic carbocycles. The largest absolute Gasteiger partial charge is 0.459 e. The highest BCUT2D eigenvalue weighted by Gasteiger charge is 2.63. The molecule has 15 heteroatoms. The number of carbonyl (C=O) groups excluding carboxylic acids is 3. The molecule has 1 fully saturated rings. The maximum Gasteiger partial charge on any atom is 0.338 e.